The van der Waals surface area contributed by atoms with Gasteiger partial charge in [-0.05, 0) is 26.3 Å². The number of aromatic amines is 1. The molecule has 5 nitrogen and oxygen atoms in total. The number of piperazine rings is 1. The Balaban J connectivity index is 2.05. The highest BCUT2D eigenvalue weighted by Crippen LogP contribution is 2.21. The van der Waals surface area contributed by atoms with Crippen LogP contribution in [-0.4, -0.2) is 47.8 Å². The zero-order valence-electron chi connectivity index (χ0n) is 10.6. The van der Waals surface area contributed by atoms with Crippen LogP contribution in [0.4, 0.5) is 0 Å². The maximum atomic E-state index is 12.2. The minimum absolute atomic E-state index is 0.0785. The molecule has 0 aromatic carbocycles. The number of fused-ring (bicyclic) bond motifs is 1. The fraction of sp³-hybridized carbons (Fsp3) is 0.667. The van der Waals surface area contributed by atoms with E-state index in [1.165, 1.54) is 5.56 Å². The van der Waals surface area contributed by atoms with Gasteiger partial charge in [0, 0.05) is 31.7 Å². The Morgan fingerprint density at radius 2 is 1.89 bits per heavy atom. The van der Waals surface area contributed by atoms with Gasteiger partial charge in [0.1, 0.15) is 4.64 Å². The van der Waals surface area contributed by atoms with Crippen molar-refractivity contribution in [2.45, 2.75) is 19.3 Å². The maximum absolute atomic E-state index is 12.2. The monoisotopic (exact) mass is 266 g/mol. The summed E-state index contributed by atoms with van der Waals surface area (Å²) in [5.74, 6) is 0. The quantitative estimate of drug-likeness (QED) is 0.742. The molecule has 0 atom stereocenters. The molecular formula is C12H18N4OS. The Hall–Kier alpha value is -1.14. The van der Waals surface area contributed by atoms with Crippen molar-refractivity contribution in [3.8, 4) is 0 Å². The van der Waals surface area contributed by atoms with Crippen LogP contribution in [-0.2, 0) is 12.8 Å². The lowest BCUT2D eigenvalue weighted by atomic mass is 10.3. The van der Waals surface area contributed by atoms with E-state index in [1.807, 2.05) is 4.68 Å². The number of aromatic nitrogens is 2. The van der Waals surface area contributed by atoms with Gasteiger partial charge in [-0.15, -0.1) is 0 Å². The zero-order chi connectivity index (χ0) is 12.7. The Labute approximate surface area is 111 Å². The van der Waals surface area contributed by atoms with Crippen molar-refractivity contribution in [1.82, 2.24) is 14.6 Å². The van der Waals surface area contributed by atoms with Crippen LogP contribution in [0.15, 0.2) is 4.79 Å². The van der Waals surface area contributed by atoms with Crippen molar-refractivity contribution in [2.24, 2.45) is 0 Å². The summed E-state index contributed by atoms with van der Waals surface area (Å²) in [6, 6.07) is 0. The summed E-state index contributed by atoms with van der Waals surface area (Å²) in [6.07, 6.45) is 3.07. The second-order valence-electron chi connectivity index (χ2n) is 5.11. The van der Waals surface area contributed by atoms with Crippen molar-refractivity contribution in [2.75, 3.05) is 38.2 Å². The Morgan fingerprint density at radius 3 is 2.61 bits per heavy atom. The van der Waals surface area contributed by atoms with Crippen LogP contribution in [0.3, 0.4) is 0 Å². The number of likely N-dealkylation sites (N-methyl/N-ethyl adjacent to an activating group) is 1. The normalized spacial score (nSPS) is 20.2. The van der Waals surface area contributed by atoms with E-state index in [4.69, 9.17) is 12.2 Å². The lowest BCUT2D eigenvalue weighted by Gasteiger charge is -2.35. The number of rotatable bonds is 1. The zero-order valence-corrected chi connectivity index (χ0v) is 11.4. The predicted molar refractivity (Wildman–Crippen MR) is 73.4 cm³/mol. The summed E-state index contributed by atoms with van der Waals surface area (Å²) >= 11 is 5.25. The summed E-state index contributed by atoms with van der Waals surface area (Å²) in [7, 11) is 2.11. The standard InChI is InChI=1S/C12H18N4OS/c1-14-5-7-15(8-6-14)16-10-4-2-3-9(10)11(18)13-12(16)17/h2-8H2,1H3,(H,13,17,18). The molecule has 2 aliphatic rings. The van der Waals surface area contributed by atoms with E-state index in [2.05, 4.69) is 21.9 Å². The fourth-order valence-electron chi connectivity index (χ4n) is 2.85. The first-order chi connectivity index (χ1) is 8.66. The van der Waals surface area contributed by atoms with Crippen molar-refractivity contribution in [1.29, 1.82) is 0 Å². The highest BCUT2D eigenvalue weighted by molar-refractivity contribution is 7.71. The molecule has 0 saturated carbocycles. The van der Waals surface area contributed by atoms with E-state index >= 15 is 0 Å². The first-order valence-electron chi connectivity index (χ1n) is 6.47. The number of nitrogens with zero attached hydrogens (tertiary/aromatic N) is 3. The van der Waals surface area contributed by atoms with Crippen molar-refractivity contribution >= 4 is 12.2 Å². The molecule has 18 heavy (non-hydrogen) atoms. The van der Waals surface area contributed by atoms with Crippen LogP contribution in [0.1, 0.15) is 17.7 Å². The van der Waals surface area contributed by atoms with Gasteiger partial charge in [-0.3, -0.25) is 4.98 Å². The van der Waals surface area contributed by atoms with Gasteiger partial charge in [-0.2, -0.15) is 0 Å². The Bertz CT molecular complexity index is 568. The van der Waals surface area contributed by atoms with E-state index in [0.717, 1.165) is 51.1 Å². The SMILES string of the molecule is CN1CCN(n2c3c(c(=S)[nH]c2=O)CCC3)CC1. The average Bonchev–Trinajstić information content (AvgIpc) is 2.81. The van der Waals surface area contributed by atoms with Gasteiger partial charge < -0.3 is 9.91 Å². The molecule has 1 saturated heterocycles. The van der Waals surface area contributed by atoms with E-state index in [9.17, 15) is 4.79 Å². The van der Waals surface area contributed by atoms with E-state index < -0.39 is 0 Å². The molecule has 2 heterocycles. The number of H-pyrrole nitrogens is 1. The molecule has 1 aromatic rings. The molecule has 98 valence electrons. The third-order valence-electron chi connectivity index (χ3n) is 3.89. The molecule has 1 aromatic heterocycles. The Kier molecular flexibility index (Phi) is 2.99. The average molecular weight is 266 g/mol. The molecule has 0 bridgehead atoms. The molecule has 0 spiro atoms. The van der Waals surface area contributed by atoms with Crippen LogP contribution in [0.25, 0.3) is 0 Å². The van der Waals surface area contributed by atoms with Crippen LogP contribution in [0.5, 0.6) is 0 Å². The van der Waals surface area contributed by atoms with Crippen LogP contribution in [0, 0.1) is 4.64 Å². The summed E-state index contributed by atoms with van der Waals surface area (Å²) in [5.41, 5.74) is 2.22. The minimum atomic E-state index is -0.0785. The highest BCUT2D eigenvalue weighted by atomic mass is 32.1. The molecular weight excluding hydrogens is 248 g/mol. The summed E-state index contributed by atoms with van der Waals surface area (Å²) in [5, 5.41) is 2.15. The summed E-state index contributed by atoms with van der Waals surface area (Å²) < 4.78 is 2.48. The molecule has 6 heteroatoms. The van der Waals surface area contributed by atoms with E-state index in [0.29, 0.717) is 4.64 Å². The summed E-state index contributed by atoms with van der Waals surface area (Å²) in [4.78, 5) is 17.3. The van der Waals surface area contributed by atoms with E-state index in [1.54, 1.807) is 0 Å². The molecule has 1 aliphatic heterocycles. The van der Waals surface area contributed by atoms with Gasteiger partial charge >= 0.3 is 5.69 Å². The lowest BCUT2D eigenvalue weighted by molar-refractivity contribution is 0.283. The van der Waals surface area contributed by atoms with Gasteiger partial charge in [-0.1, -0.05) is 12.2 Å². The van der Waals surface area contributed by atoms with Crippen LogP contribution >= 0.6 is 12.2 Å². The van der Waals surface area contributed by atoms with Gasteiger partial charge in [0.15, 0.2) is 0 Å². The second kappa shape index (κ2) is 4.51. The largest absolute Gasteiger partial charge is 0.345 e. The van der Waals surface area contributed by atoms with Crippen LogP contribution < -0.4 is 10.7 Å². The minimum Gasteiger partial charge on any atom is -0.306 e. The topological polar surface area (TPSA) is 44.3 Å². The lowest BCUT2D eigenvalue weighted by Crippen LogP contribution is -2.54. The van der Waals surface area contributed by atoms with Crippen LogP contribution in [0.2, 0.25) is 0 Å². The predicted octanol–water partition coefficient (Wildman–Crippen LogP) is 0.278. The van der Waals surface area contributed by atoms with Gasteiger partial charge in [-0.25, -0.2) is 9.47 Å². The fourth-order valence-corrected chi connectivity index (χ4v) is 3.16. The Morgan fingerprint density at radius 1 is 1.17 bits per heavy atom. The van der Waals surface area contributed by atoms with Crippen molar-refractivity contribution in [3.05, 3.63) is 26.4 Å². The second-order valence-corrected chi connectivity index (χ2v) is 5.52. The van der Waals surface area contributed by atoms with Crippen molar-refractivity contribution in [3.63, 3.8) is 0 Å². The first kappa shape index (κ1) is 11.9. The van der Waals surface area contributed by atoms with Gasteiger partial charge in [0.05, 0.1) is 5.69 Å². The number of hydrogen-bond donors (Lipinski definition) is 1. The molecule has 0 radical (unpaired) electrons. The van der Waals surface area contributed by atoms with Crippen molar-refractivity contribution < 1.29 is 0 Å². The third kappa shape index (κ3) is 1.89. The first-order valence-corrected chi connectivity index (χ1v) is 6.88. The van der Waals surface area contributed by atoms with Gasteiger partial charge in [0.2, 0.25) is 0 Å². The number of hydrogen-bond acceptors (Lipinski definition) is 4. The summed E-state index contributed by atoms with van der Waals surface area (Å²) in [6.45, 7) is 3.79. The molecule has 3 rings (SSSR count). The molecule has 1 fully saturated rings. The number of nitrogens with one attached hydrogen (secondary N) is 1. The molecule has 1 aliphatic carbocycles. The molecule has 0 unspecified atom stereocenters. The van der Waals surface area contributed by atoms with Gasteiger partial charge in [0.25, 0.3) is 0 Å². The molecule has 1 N–H and O–H groups in total. The highest BCUT2D eigenvalue weighted by Gasteiger charge is 2.23. The smallest absolute Gasteiger partial charge is 0.306 e. The van der Waals surface area contributed by atoms with E-state index in [-0.39, 0.29) is 5.69 Å². The third-order valence-corrected chi connectivity index (χ3v) is 4.24. The maximum Gasteiger partial charge on any atom is 0.345 e. The molecule has 0 amide bonds.